The third kappa shape index (κ3) is 4.87. The molecule has 0 aromatic carbocycles. The van der Waals surface area contributed by atoms with E-state index in [0.29, 0.717) is 0 Å². The lowest BCUT2D eigenvalue weighted by atomic mass is 10.1. The second-order valence-corrected chi connectivity index (χ2v) is 7.55. The Hall–Kier alpha value is -1.30. The number of carbonyl (C=O) groups is 1. The van der Waals surface area contributed by atoms with Gasteiger partial charge in [0.25, 0.3) is 0 Å². The van der Waals surface area contributed by atoms with E-state index in [4.69, 9.17) is 4.74 Å². The van der Waals surface area contributed by atoms with Gasteiger partial charge in [0.15, 0.2) is 0 Å². The van der Waals surface area contributed by atoms with Crippen molar-refractivity contribution in [1.82, 2.24) is 10.3 Å². The number of anilines is 1. The van der Waals surface area contributed by atoms with Crippen molar-refractivity contribution in [3.8, 4) is 0 Å². The van der Waals surface area contributed by atoms with Crippen LogP contribution in [0.5, 0.6) is 0 Å². The van der Waals surface area contributed by atoms with Crippen LogP contribution < -0.4 is 10.2 Å². The molecule has 122 valence electrons. The lowest BCUT2D eigenvalue weighted by molar-refractivity contribution is 0.0497. The van der Waals surface area contributed by atoms with E-state index in [9.17, 15) is 4.79 Å². The van der Waals surface area contributed by atoms with E-state index >= 15 is 0 Å². The molecule has 1 aliphatic rings. The highest BCUT2D eigenvalue weighted by Crippen LogP contribution is 2.23. The summed E-state index contributed by atoms with van der Waals surface area (Å²) in [5, 5.41) is 2.95. The summed E-state index contributed by atoms with van der Waals surface area (Å²) in [5.74, 6) is 0.997. The van der Waals surface area contributed by atoms with Gasteiger partial charge in [-0.25, -0.2) is 9.78 Å². The molecule has 1 N–H and O–H groups in total. The number of hydrogen-bond donors (Lipinski definition) is 1. The number of aromatic nitrogens is 1. The van der Waals surface area contributed by atoms with Crippen LogP contribution >= 0.6 is 15.9 Å². The number of hydrogen-bond acceptors (Lipinski definition) is 4. The van der Waals surface area contributed by atoms with Crippen molar-refractivity contribution in [2.24, 2.45) is 0 Å². The average Bonchev–Trinajstić information content (AvgIpc) is 2.40. The van der Waals surface area contributed by atoms with Crippen LogP contribution in [0.25, 0.3) is 0 Å². The van der Waals surface area contributed by atoms with Crippen molar-refractivity contribution < 1.29 is 9.53 Å². The fourth-order valence-electron chi connectivity index (χ4n) is 2.42. The molecule has 1 aliphatic heterocycles. The number of nitrogens with one attached hydrogen (secondary N) is 1. The number of pyridine rings is 1. The zero-order valence-electron chi connectivity index (χ0n) is 13.6. The fraction of sp³-hybridized carbons (Fsp3) is 0.625. The number of ether oxygens (including phenoxy) is 1. The van der Waals surface area contributed by atoms with Crippen LogP contribution in [-0.2, 0) is 4.74 Å². The van der Waals surface area contributed by atoms with Gasteiger partial charge in [-0.15, -0.1) is 0 Å². The van der Waals surface area contributed by atoms with Gasteiger partial charge in [0.2, 0.25) is 0 Å². The van der Waals surface area contributed by atoms with Crippen LogP contribution in [0, 0.1) is 6.92 Å². The molecule has 0 bridgehead atoms. The van der Waals surface area contributed by atoms with Gasteiger partial charge >= 0.3 is 6.09 Å². The van der Waals surface area contributed by atoms with E-state index in [1.54, 1.807) is 0 Å². The van der Waals surface area contributed by atoms with Crippen molar-refractivity contribution in [2.45, 2.75) is 52.2 Å². The summed E-state index contributed by atoms with van der Waals surface area (Å²) in [7, 11) is 0. The van der Waals surface area contributed by atoms with Gasteiger partial charge in [-0.3, -0.25) is 0 Å². The van der Waals surface area contributed by atoms with E-state index < -0.39 is 5.60 Å². The molecule has 1 amide bonds. The van der Waals surface area contributed by atoms with E-state index in [-0.39, 0.29) is 12.1 Å². The Morgan fingerprint density at radius 1 is 1.41 bits per heavy atom. The number of amides is 1. The Balaban J connectivity index is 1.85. The molecule has 6 heteroatoms. The predicted octanol–water partition coefficient (Wildman–Crippen LogP) is 3.65. The number of piperidine rings is 1. The first-order valence-corrected chi connectivity index (χ1v) is 8.40. The Morgan fingerprint density at radius 2 is 2.05 bits per heavy atom. The Labute approximate surface area is 140 Å². The minimum atomic E-state index is -0.455. The molecule has 0 saturated carbocycles. The number of nitrogens with zero attached hydrogens (tertiary/aromatic N) is 2. The molecule has 2 heterocycles. The second-order valence-electron chi connectivity index (χ2n) is 6.70. The van der Waals surface area contributed by atoms with Crippen LogP contribution in [0.2, 0.25) is 0 Å². The third-order valence-corrected chi connectivity index (χ3v) is 4.40. The highest BCUT2D eigenvalue weighted by atomic mass is 79.9. The maximum absolute atomic E-state index is 11.8. The van der Waals surface area contributed by atoms with Crippen molar-refractivity contribution in [1.29, 1.82) is 0 Å². The zero-order chi connectivity index (χ0) is 16.3. The molecule has 1 aromatic heterocycles. The topological polar surface area (TPSA) is 54.5 Å². The highest BCUT2D eigenvalue weighted by Gasteiger charge is 2.24. The van der Waals surface area contributed by atoms with E-state index in [1.165, 1.54) is 5.56 Å². The minimum absolute atomic E-state index is 0.169. The first-order chi connectivity index (χ1) is 10.2. The maximum Gasteiger partial charge on any atom is 0.407 e. The Kier molecular flexibility index (Phi) is 5.32. The lowest BCUT2D eigenvalue weighted by Gasteiger charge is -2.33. The molecule has 22 heavy (non-hydrogen) atoms. The van der Waals surface area contributed by atoms with Crippen molar-refractivity contribution in [3.05, 3.63) is 22.3 Å². The predicted molar refractivity (Wildman–Crippen MR) is 91.3 cm³/mol. The highest BCUT2D eigenvalue weighted by molar-refractivity contribution is 9.10. The summed E-state index contributed by atoms with van der Waals surface area (Å²) in [6, 6.07) is 2.26. The van der Waals surface area contributed by atoms with Crippen LogP contribution in [0.1, 0.15) is 39.2 Å². The molecule has 0 unspecified atom stereocenters. The van der Waals surface area contributed by atoms with Gasteiger partial charge in [0.1, 0.15) is 11.4 Å². The number of halogens is 1. The Bertz CT molecular complexity index is 535. The van der Waals surface area contributed by atoms with Gasteiger partial charge in [-0.05, 0) is 68.1 Å². The molecule has 0 atom stereocenters. The Morgan fingerprint density at radius 3 is 2.59 bits per heavy atom. The molecule has 2 rings (SSSR count). The summed E-state index contributed by atoms with van der Waals surface area (Å²) in [4.78, 5) is 18.5. The minimum Gasteiger partial charge on any atom is -0.444 e. The van der Waals surface area contributed by atoms with E-state index in [1.807, 2.05) is 27.0 Å². The van der Waals surface area contributed by atoms with Crippen LogP contribution in [0.3, 0.4) is 0 Å². The van der Waals surface area contributed by atoms with Gasteiger partial charge in [0.05, 0.1) is 0 Å². The lowest BCUT2D eigenvalue weighted by Crippen LogP contribution is -2.46. The smallest absolute Gasteiger partial charge is 0.407 e. The summed E-state index contributed by atoms with van der Waals surface area (Å²) >= 11 is 3.47. The van der Waals surface area contributed by atoms with E-state index in [0.717, 1.165) is 36.2 Å². The maximum atomic E-state index is 11.8. The van der Waals surface area contributed by atoms with Crippen LogP contribution in [-0.4, -0.2) is 35.8 Å². The summed E-state index contributed by atoms with van der Waals surface area (Å²) in [6.45, 7) is 9.44. The van der Waals surface area contributed by atoms with Gasteiger partial charge in [0, 0.05) is 29.8 Å². The zero-order valence-corrected chi connectivity index (χ0v) is 15.2. The SMILES string of the molecule is Cc1cc(N2CCC(NC(=O)OC(C)(C)C)CC2)ncc1Br. The molecule has 0 radical (unpaired) electrons. The number of rotatable bonds is 2. The molecule has 5 nitrogen and oxygen atoms in total. The number of carbonyl (C=O) groups excluding carboxylic acids is 1. The second kappa shape index (κ2) is 6.86. The van der Waals surface area contributed by atoms with Crippen molar-refractivity contribution >= 4 is 27.8 Å². The fourth-order valence-corrected chi connectivity index (χ4v) is 2.64. The number of aryl methyl sites for hydroxylation is 1. The molecule has 0 aliphatic carbocycles. The van der Waals surface area contributed by atoms with Crippen molar-refractivity contribution in [2.75, 3.05) is 18.0 Å². The summed E-state index contributed by atoms with van der Waals surface area (Å²) < 4.78 is 6.33. The summed E-state index contributed by atoms with van der Waals surface area (Å²) in [5.41, 5.74) is 0.725. The first kappa shape index (κ1) is 17.1. The van der Waals surface area contributed by atoms with Gasteiger partial charge in [-0.2, -0.15) is 0 Å². The molecular formula is C16H24BrN3O2. The molecule has 1 aromatic rings. The standard InChI is InChI=1S/C16H24BrN3O2/c1-11-9-14(18-10-13(11)17)20-7-5-12(6-8-20)19-15(21)22-16(2,3)4/h9-10,12H,5-8H2,1-4H3,(H,19,21). The molecule has 1 saturated heterocycles. The monoisotopic (exact) mass is 369 g/mol. The van der Waals surface area contributed by atoms with E-state index in [2.05, 4.69) is 44.1 Å². The van der Waals surface area contributed by atoms with Gasteiger partial charge < -0.3 is 15.0 Å². The quantitative estimate of drug-likeness (QED) is 0.864. The number of alkyl carbamates (subject to hydrolysis) is 1. The first-order valence-electron chi connectivity index (χ1n) is 7.61. The largest absolute Gasteiger partial charge is 0.444 e. The molecule has 1 fully saturated rings. The summed E-state index contributed by atoms with van der Waals surface area (Å²) in [6.07, 6.45) is 3.31. The van der Waals surface area contributed by atoms with Crippen molar-refractivity contribution in [3.63, 3.8) is 0 Å². The van der Waals surface area contributed by atoms with Gasteiger partial charge in [-0.1, -0.05) is 0 Å². The van der Waals surface area contributed by atoms with Crippen LogP contribution in [0.15, 0.2) is 16.7 Å². The van der Waals surface area contributed by atoms with Crippen LogP contribution in [0.4, 0.5) is 10.6 Å². The average molecular weight is 370 g/mol. The third-order valence-electron chi connectivity index (χ3n) is 3.57. The molecular weight excluding hydrogens is 346 g/mol. The normalized spacial score (nSPS) is 16.5. The molecule has 0 spiro atoms.